The molecule has 0 spiro atoms. The average Bonchev–Trinajstić information content (AvgIpc) is 3.26. The number of hydrogen-bond donors (Lipinski definition) is 1. The van der Waals surface area contributed by atoms with Crippen molar-refractivity contribution in [1.82, 2.24) is 10.2 Å². The summed E-state index contributed by atoms with van der Waals surface area (Å²) in [5.41, 5.74) is 6.29. The Kier molecular flexibility index (Phi) is 7.45. The summed E-state index contributed by atoms with van der Waals surface area (Å²) < 4.78 is 5.21. The molecule has 2 aliphatic heterocycles. The number of nitrogens with one attached hydrogen (secondary N) is 1. The number of rotatable bonds is 7. The van der Waals surface area contributed by atoms with E-state index in [1.807, 2.05) is 68.3 Å². The Labute approximate surface area is 211 Å². The van der Waals surface area contributed by atoms with Crippen LogP contribution >= 0.6 is 11.8 Å². The number of methoxy groups -OCH3 is 1. The van der Waals surface area contributed by atoms with Gasteiger partial charge in [-0.05, 0) is 49.3 Å². The Bertz CT molecular complexity index is 1230. The highest BCUT2D eigenvalue weighted by atomic mass is 32.2. The standard InChI is InChI=1S/C28H31N3O3S/c1-6-23-25(27(33)34-5)26(22-14-17(2)12-13-18(22)3)31-21(16-35-28(31)30-23)15-24(32)29-19(4)20-10-8-7-9-11-20/h7-14,16,19,26H,6,15H2,1-5H3,(H,29,32)/t19-,26-/m1/s1. The van der Waals surface area contributed by atoms with E-state index in [1.165, 1.54) is 18.9 Å². The number of carbonyl (C=O) groups is 2. The van der Waals surface area contributed by atoms with Gasteiger partial charge in [0, 0.05) is 5.70 Å². The molecule has 2 atom stereocenters. The van der Waals surface area contributed by atoms with E-state index in [-0.39, 0.29) is 18.4 Å². The Balaban J connectivity index is 1.68. The first-order valence-corrected chi connectivity index (χ1v) is 12.7. The van der Waals surface area contributed by atoms with Crippen LogP contribution in [-0.2, 0) is 14.3 Å². The van der Waals surface area contributed by atoms with Crippen LogP contribution in [0.15, 0.2) is 75.9 Å². The average molecular weight is 490 g/mol. The number of esters is 1. The number of nitrogens with zero attached hydrogens (tertiary/aromatic N) is 2. The van der Waals surface area contributed by atoms with Gasteiger partial charge in [0.1, 0.15) is 0 Å². The molecular formula is C28H31N3O3S. The fourth-order valence-corrected chi connectivity index (χ4v) is 5.48. The minimum absolute atomic E-state index is 0.0842. The number of carbonyl (C=O) groups excluding carboxylic acids is 2. The smallest absolute Gasteiger partial charge is 0.338 e. The van der Waals surface area contributed by atoms with E-state index in [0.717, 1.165) is 38.8 Å². The van der Waals surface area contributed by atoms with Crippen LogP contribution in [-0.4, -0.2) is 29.1 Å². The monoisotopic (exact) mass is 489 g/mol. The van der Waals surface area contributed by atoms with E-state index in [0.29, 0.717) is 12.0 Å². The molecule has 0 saturated carbocycles. The van der Waals surface area contributed by atoms with Gasteiger partial charge in [0.25, 0.3) is 0 Å². The number of aryl methyl sites for hydroxylation is 2. The first-order chi connectivity index (χ1) is 16.8. The number of fused-ring (bicyclic) bond motifs is 1. The third-order valence-corrected chi connectivity index (χ3v) is 7.27. The molecular weight excluding hydrogens is 458 g/mol. The van der Waals surface area contributed by atoms with Crippen molar-refractivity contribution in [1.29, 1.82) is 0 Å². The second kappa shape index (κ2) is 10.5. The van der Waals surface area contributed by atoms with Crippen LogP contribution in [0.4, 0.5) is 0 Å². The first kappa shape index (κ1) is 24.8. The maximum absolute atomic E-state index is 13.1. The SMILES string of the molecule is CCC1=C(C(=O)OC)[C@@H](c2cc(C)ccc2C)N2C(CC(=O)N[C@H](C)c3ccccc3)=CSC2=N1. The highest BCUT2D eigenvalue weighted by Crippen LogP contribution is 2.46. The van der Waals surface area contributed by atoms with Gasteiger partial charge in [0.15, 0.2) is 5.17 Å². The molecule has 2 aromatic carbocycles. The van der Waals surface area contributed by atoms with Crippen LogP contribution in [0, 0.1) is 13.8 Å². The summed E-state index contributed by atoms with van der Waals surface area (Å²) in [4.78, 5) is 33.0. The molecule has 2 heterocycles. The number of allylic oxidation sites excluding steroid dienone is 1. The molecule has 4 rings (SSSR count). The first-order valence-electron chi connectivity index (χ1n) is 11.8. The van der Waals surface area contributed by atoms with Crippen molar-refractivity contribution in [2.24, 2.45) is 4.99 Å². The van der Waals surface area contributed by atoms with Crippen molar-refractivity contribution < 1.29 is 14.3 Å². The summed E-state index contributed by atoms with van der Waals surface area (Å²) >= 11 is 1.49. The molecule has 35 heavy (non-hydrogen) atoms. The molecule has 0 saturated heterocycles. The lowest BCUT2D eigenvalue weighted by molar-refractivity contribution is -0.136. The summed E-state index contributed by atoms with van der Waals surface area (Å²) in [7, 11) is 1.40. The van der Waals surface area contributed by atoms with Crippen LogP contribution in [0.1, 0.15) is 61.0 Å². The topological polar surface area (TPSA) is 71.0 Å². The Hall–Kier alpha value is -3.32. The third-order valence-electron chi connectivity index (χ3n) is 6.38. The molecule has 0 fully saturated rings. The van der Waals surface area contributed by atoms with Crippen molar-refractivity contribution in [3.63, 3.8) is 0 Å². The van der Waals surface area contributed by atoms with Crippen LogP contribution in [0.3, 0.4) is 0 Å². The molecule has 0 aliphatic carbocycles. The second-order valence-electron chi connectivity index (χ2n) is 8.84. The lowest BCUT2D eigenvalue weighted by Gasteiger charge is -2.37. The third kappa shape index (κ3) is 5.05. The Morgan fingerprint density at radius 1 is 1.17 bits per heavy atom. The highest BCUT2D eigenvalue weighted by Gasteiger charge is 2.42. The molecule has 6 nitrogen and oxygen atoms in total. The maximum Gasteiger partial charge on any atom is 0.338 e. The van der Waals surface area contributed by atoms with Crippen molar-refractivity contribution >= 4 is 28.8 Å². The molecule has 0 unspecified atom stereocenters. The minimum atomic E-state index is -0.412. The van der Waals surface area contributed by atoms with E-state index >= 15 is 0 Å². The summed E-state index contributed by atoms with van der Waals surface area (Å²) in [6.07, 6.45) is 0.786. The number of amides is 1. The molecule has 2 aromatic rings. The van der Waals surface area contributed by atoms with Gasteiger partial charge < -0.3 is 15.0 Å². The van der Waals surface area contributed by atoms with Gasteiger partial charge in [-0.1, -0.05) is 72.8 Å². The predicted octanol–water partition coefficient (Wildman–Crippen LogP) is 5.71. The fraction of sp³-hybridized carbons (Fsp3) is 0.321. The van der Waals surface area contributed by atoms with Gasteiger partial charge in [-0.2, -0.15) is 0 Å². The van der Waals surface area contributed by atoms with Crippen molar-refractivity contribution in [2.45, 2.75) is 52.6 Å². The number of thioether (sulfide) groups is 1. The summed E-state index contributed by atoms with van der Waals surface area (Å²) in [6, 6.07) is 15.6. The van der Waals surface area contributed by atoms with Gasteiger partial charge in [-0.15, -0.1) is 0 Å². The van der Waals surface area contributed by atoms with Gasteiger partial charge in [-0.25, -0.2) is 9.79 Å². The largest absolute Gasteiger partial charge is 0.466 e. The number of ether oxygens (including phenoxy) is 1. The van der Waals surface area contributed by atoms with Crippen molar-refractivity contribution in [2.75, 3.05) is 7.11 Å². The quantitative estimate of drug-likeness (QED) is 0.505. The van der Waals surface area contributed by atoms with Crippen LogP contribution in [0.5, 0.6) is 0 Å². The molecule has 182 valence electrons. The summed E-state index contributed by atoms with van der Waals surface area (Å²) in [5, 5.41) is 5.85. The second-order valence-corrected chi connectivity index (χ2v) is 9.67. The maximum atomic E-state index is 13.1. The van der Waals surface area contributed by atoms with E-state index in [9.17, 15) is 9.59 Å². The number of benzene rings is 2. The van der Waals surface area contributed by atoms with Crippen molar-refractivity contribution in [3.05, 3.63) is 93.2 Å². The number of amidine groups is 1. The predicted molar refractivity (Wildman–Crippen MR) is 141 cm³/mol. The zero-order chi connectivity index (χ0) is 25.1. The summed E-state index contributed by atoms with van der Waals surface area (Å²) in [6.45, 7) is 8.05. The highest BCUT2D eigenvalue weighted by molar-refractivity contribution is 8.16. The van der Waals surface area contributed by atoms with E-state index in [4.69, 9.17) is 9.73 Å². The van der Waals surface area contributed by atoms with E-state index in [2.05, 4.69) is 23.5 Å². The molecule has 1 amide bonds. The zero-order valence-corrected chi connectivity index (χ0v) is 21.6. The van der Waals surface area contributed by atoms with Crippen LogP contribution in [0.25, 0.3) is 0 Å². The summed E-state index contributed by atoms with van der Waals surface area (Å²) in [5.74, 6) is -0.479. The van der Waals surface area contributed by atoms with E-state index in [1.54, 1.807) is 0 Å². The lowest BCUT2D eigenvalue weighted by atomic mass is 9.89. The number of hydrogen-bond acceptors (Lipinski definition) is 6. The van der Waals surface area contributed by atoms with Gasteiger partial charge in [0.2, 0.25) is 5.91 Å². The zero-order valence-electron chi connectivity index (χ0n) is 20.8. The Morgan fingerprint density at radius 3 is 2.60 bits per heavy atom. The van der Waals surface area contributed by atoms with Gasteiger partial charge in [-0.3, -0.25) is 4.79 Å². The molecule has 1 N–H and O–H groups in total. The van der Waals surface area contributed by atoms with E-state index < -0.39 is 12.0 Å². The molecule has 0 radical (unpaired) electrons. The molecule has 2 aliphatic rings. The molecule has 7 heteroatoms. The fourth-order valence-electron chi connectivity index (χ4n) is 4.54. The normalized spacial score (nSPS) is 18.0. The molecule has 0 aromatic heterocycles. The van der Waals surface area contributed by atoms with Crippen LogP contribution in [0.2, 0.25) is 0 Å². The number of aliphatic imine (C=N–C) groups is 1. The molecule has 0 bridgehead atoms. The van der Waals surface area contributed by atoms with Gasteiger partial charge in [0.05, 0.1) is 36.9 Å². The van der Waals surface area contributed by atoms with Gasteiger partial charge >= 0.3 is 5.97 Å². The minimum Gasteiger partial charge on any atom is -0.466 e. The Morgan fingerprint density at radius 2 is 1.91 bits per heavy atom. The van der Waals surface area contributed by atoms with Crippen molar-refractivity contribution in [3.8, 4) is 0 Å². The lowest BCUT2D eigenvalue weighted by Crippen LogP contribution is -2.38. The van der Waals surface area contributed by atoms with Crippen LogP contribution < -0.4 is 5.32 Å².